The molecule has 20 heavy (non-hydrogen) atoms. The van der Waals surface area contributed by atoms with Crippen LogP contribution in [0.1, 0.15) is 52.4 Å². The summed E-state index contributed by atoms with van der Waals surface area (Å²) in [6.45, 7) is 12.4. The Kier molecular flexibility index (Phi) is 4.68. The zero-order valence-electron chi connectivity index (χ0n) is 13.5. The minimum Gasteiger partial charge on any atom is -0.309 e. The van der Waals surface area contributed by atoms with Gasteiger partial charge >= 0.3 is 0 Å². The van der Waals surface area contributed by atoms with E-state index in [2.05, 4.69) is 29.0 Å². The van der Waals surface area contributed by atoms with Crippen molar-refractivity contribution < 1.29 is 0 Å². The van der Waals surface area contributed by atoms with E-state index >= 15 is 0 Å². The van der Waals surface area contributed by atoms with E-state index in [4.69, 9.17) is 0 Å². The standard InChI is InChI=1S/C17H33N3/c1-15(2)20-10-6-16(13-20)12-19-11-9-18-17(14-19)7-4-3-5-8-17/h15-16,18H,3-14H2,1-2H3. The molecule has 1 saturated carbocycles. The molecule has 2 aliphatic heterocycles. The number of piperazine rings is 1. The number of nitrogens with one attached hydrogen (secondary N) is 1. The first-order valence-electron chi connectivity index (χ1n) is 8.88. The van der Waals surface area contributed by atoms with Crippen molar-refractivity contribution in [1.29, 1.82) is 0 Å². The van der Waals surface area contributed by atoms with E-state index in [9.17, 15) is 0 Å². The number of nitrogens with zero attached hydrogens (tertiary/aromatic N) is 2. The zero-order valence-corrected chi connectivity index (χ0v) is 13.5. The molecule has 0 aromatic rings. The molecule has 1 spiro atoms. The van der Waals surface area contributed by atoms with Crippen LogP contribution in [0.5, 0.6) is 0 Å². The Morgan fingerprint density at radius 3 is 2.65 bits per heavy atom. The molecule has 1 aliphatic carbocycles. The quantitative estimate of drug-likeness (QED) is 0.855. The minimum atomic E-state index is 0.479. The molecule has 116 valence electrons. The first kappa shape index (κ1) is 14.8. The van der Waals surface area contributed by atoms with Gasteiger partial charge in [-0.05, 0) is 45.6 Å². The van der Waals surface area contributed by atoms with Crippen LogP contribution in [-0.2, 0) is 0 Å². The third-order valence-electron chi connectivity index (χ3n) is 5.83. The summed E-state index contributed by atoms with van der Waals surface area (Å²) in [5, 5.41) is 3.86. The molecule has 0 amide bonds. The van der Waals surface area contributed by atoms with Crippen molar-refractivity contribution in [2.45, 2.75) is 64.0 Å². The Morgan fingerprint density at radius 1 is 1.15 bits per heavy atom. The van der Waals surface area contributed by atoms with Crippen LogP contribution in [0.3, 0.4) is 0 Å². The third kappa shape index (κ3) is 3.37. The molecule has 0 radical (unpaired) electrons. The summed E-state index contributed by atoms with van der Waals surface area (Å²) in [7, 11) is 0. The highest BCUT2D eigenvalue weighted by Crippen LogP contribution is 2.31. The summed E-state index contributed by atoms with van der Waals surface area (Å²) in [6, 6.07) is 0.729. The maximum absolute atomic E-state index is 3.86. The van der Waals surface area contributed by atoms with Gasteiger partial charge in [0.15, 0.2) is 0 Å². The lowest BCUT2D eigenvalue weighted by atomic mass is 9.80. The van der Waals surface area contributed by atoms with Gasteiger partial charge in [-0.2, -0.15) is 0 Å². The summed E-state index contributed by atoms with van der Waals surface area (Å²) in [6.07, 6.45) is 8.56. The predicted molar refractivity (Wildman–Crippen MR) is 85.1 cm³/mol. The predicted octanol–water partition coefficient (Wildman–Crippen LogP) is 2.32. The van der Waals surface area contributed by atoms with Crippen molar-refractivity contribution in [1.82, 2.24) is 15.1 Å². The van der Waals surface area contributed by atoms with Crippen LogP contribution in [-0.4, -0.2) is 60.6 Å². The number of rotatable bonds is 3. The van der Waals surface area contributed by atoms with E-state index in [1.807, 2.05) is 0 Å². The Bertz CT molecular complexity index is 304. The van der Waals surface area contributed by atoms with Crippen LogP contribution in [0.4, 0.5) is 0 Å². The zero-order chi connectivity index (χ0) is 14.0. The van der Waals surface area contributed by atoms with Crippen LogP contribution in [0.2, 0.25) is 0 Å². The summed E-state index contributed by atoms with van der Waals surface area (Å²) in [5.74, 6) is 0.913. The van der Waals surface area contributed by atoms with E-state index in [-0.39, 0.29) is 0 Å². The van der Waals surface area contributed by atoms with Crippen molar-refractivity contribution >= 4 is 0 Å². The van der Waals surface area contributed by atoms with Gasteiger partial charge in [-0.1, -0.05) is 19.3 Å². The molecule has 3 nitrogen and oxygen atoms in total. The maximum Gasteiger partial charge on any atom is 0.0309 e. The van der Waals surface area contributed by atoms with Gasteiger partial charge in [-0.3, -0.25) is 4.90 Å². The van der Waals surface area contributed by atoms with Gasteiger partial charge in [-0.25, -0.2) is 0 Å². The molecule has 0 bridgehead atoms. The second-order valence-corrected chi connectivity index (χ2v) is 7.75. The fourth-order valence-corrected chi connectivity index (χ4v) is 4.61. The lowest BCUT2D eigenvalue weighted by Gasteiger charge is -2.46. The number of likely N-dealkylation sites (tertiary alicyclic amines) is 1. The molecule has 3 fully saturated rings. The van der Waals surface area contributed by atoms with E-state index in [1.165, 1.54) is 77.8 Å². The minimum absolute atomic E-state index is 0.479. The summed E-state index contributed by atoms with van der Waals surface area (Å²) < 4.78 is 0. The SMILES string of the molecule is CC(C)N1CCC(CN2CCNC3(CCCCC3)C2)C1. The van der Waals surface area contributed by atoms with E-state index in [0.717, 1.165) is 12.0 Å². The van der Waals surface area contributed by atoms with Crippen molar-refractivity contribution in [2.24, 2.45) is 5.92 Å². The Hall–Kier alpha value is -0.120. The number of hydrogen-bond acceptors (Lipinski definition) is 3. The molecule has 3 heteroatoms. The highest BCUT2D eigenvalue weighted by molar-refractivity contribution is 4.97. The van der Waals surface area contributed by atoms with Gasteiger partial charge in [0.05, 0.1) is 0 Å². The van der Waals surface area contributed by atoms with E-state index in [1.54, 1.807) is 0 Å². The van der Waals surface area contributed by atoms with Gasteiger partial charge < -0.3 is 10.2 Å². The molecule has 1 unspecified atom stereocenters. The third-order valence-corrected chi connectivity index (χ3v) is 5.83. The fourth-order valence-electron chi connectivity index (χ4n) is 4.61. The Labute approximate surface area is 125 Å². The Morgan fingerprint density at radius 2 is 1.95 bits per heavy atom. The van der Waals surface area contributed by atoms with Gasteiger partial charge in [-0.15, -0.1) is 0 Å². The molecule has 0 aromatic heterocycles. The lowest BCUT2D eigenvalue weighted by Crippen LogP contribution is -2.61. The summed E-state index contributed by atoms with van der Waals surface area (Å²) in [5.41, 5.74) is 0.479. The summed E-state index contributed by atoms with van der Waals surface area (Å²) in [4.78, 5) is 5.43. The molecular weight excluding hydrogens is 246 g/mol. The van der Waals surface area contributed by atoms with E-state index < -0.39 is 0 Å². The van der Waals surface area contributed by atoms with E-state index in [0.29, 0.717) is 5.54 Å². The van der Waals surface area contributed by atoms with Crippen molar-refractivity contribution in [2.75, 3.05) is 39.3 Å². The normalized spacial score (nSPS) is 32.2. The molecule has 2 saturated heterocycles. The van der Waals surface area contributed by atoms with Crippen molar-refractivity contribution in [3.8, 4) is 0 Å². The first-order valence-corrected chi connectivity index (χ1v) is 8.88. The smallest absolute Gasteiger partial charge is 0.0309 e. The Balaban J connectivity index is 1.50. The molecule has 1 atom stereocenters. The van der Waals surface area contributed by atoms with Gasteiger partial charge in [0.25, 0.3) is 0 Å². The molecule has 0 aromatic carbocycles. The highest BCUT2D eigenvalue weighted by Gasteiger charge is 2.37. The van der Waals surface area contributed by atoms with Crippen molar-refractivity contribution in [3.63, 3.8) is 0 Å². The molecule has 3 rings (SSSR count). The molecular formula is C17H33N3. The average molecular weight is 279 g/mol. The van der Waals surface area contributed by atoms with Crippen LogP contribution in [0, 0.1) is 5.92 Å². The lowest BCUT2D eigenvalue weighted by molar-refractivity contribution is 0.0874. The topological polar surface area (TPSA) is 18.5 Å². The van der Waals surface area contributed by atoms with Crippen LogP contribution in [0.15, 0.2) is 0 Å². The molecule has 1 N–H and O–H groups in total. The summed E-state index contributed by atoms with van der Waals surface area (Å²) >= 11 is 0. The number of hydrogen-bond donors (Lipinski definition) is 1. The molecule has 2 heterocycles. The van der Waals surface area contributed by atoms with Crippen molar-refractivity contribution in [3.05, 3.63) is 0 Å². The van der Waals surface area contributed by atoms with Crippen LogP contribution >= 0.6 is 0 Å². The van der Waals surface area contributed by atoms with Gasteiger partial charge in [0, 0.05) is 44.3 Å². The second-order valence-electron chi connectivity index (χ2n) is 7.75. The first-order chi connectivity index (χ1) is 9.67. The highest BCUT2D eigenvalue weighted by atomic mass is 15.2. The van der Waals surface area contributed by atoms with Crippen LogP contribution in [0.25, 0.3) is 0 Å². The largest absolute Gasteiger partial charge is 0.309 e. The van der Waals surface area contributed by atoms with Gasteiger partial charge in [0.1, 0.15) is 0 Å². The van der Waals surface area contributed by atoms with Gasteiger partial charge in [0.2, 0.25) is 0 Å². The fraction of sp³-hybridized carbons (Fsp3) is 1.00. The average Bonchev–Trinajstić information content (AvgIpc) is 2.88. The van der Waals surface area contributed by atoms with Crippen LogP contribution < -0.4 is 5.32 Å². The monoisotopic (exact) mass is 279 g/mol. The molecule has 3 aliphatic rings. The second kappa shape index (κ2) is 6.33. The maximum atomic E-state index is 3.86.